The van der Waals surface area contributed by atoms with E-state index < -0.39 is 0 Å². The molecule has 3 nitrogen and oxygen atoms in total. The van der Waals surface area contributed by atoms with Crippen molar-refractivity contribution in [3.05, 3.63) is 51.5 Å². The molecule has 2 aromatic rings. The highest BCUT2D eigenvalue weighted by atomic mass is 32.1. The summed E-state index contributed by atoms with van der Waals surface area (Å²) in [6.07, 6.45) is 9.78. The molecule has 0 bridgehead atoms. The van der Waals surface area contributed by atoms with E-state index in [1.54, 1.807) is 0 Å². The first-order chi connectivity index (χ1) is 12.6. The second-order valence-corrected chi connectivity index (χ2v) is 8.23. The molecule has 142 valence electrons. The summed E-state index contributed by atoms with van der Waals surface area (Å²) >= 11 is 1.50. The van der Waals surface area contributed by atoms with E-state index >= 15 is 0 Å². The summed E-state index contributed by atoms with van der Waals surface area (Å²) in [5, 5.41) is 1.95. The topological polar surface area (TPSA) is 33.2 Å². The van der Waals surface area contributed by atoms with Crippen molar-refractivity contribution in [2.75, 3.05) is 20.6 Å². The fraction of sp³-hybridized carbons (Fsp3) is 0.545. The van der Waals surface area contributed by atoms with Crippen LogP contribution in [0.5, 0.6) is 0 Å². The van der Waals surface area contributed by atoms with Gasteiger partial charge in [-0.15, -0.1) is 11.3 Å². The van der Waals surface area contributed by atoms with E-state index in [9.17, 15) is 4.79 Å². The average Bonchev–Trinajstić information content (AvgIpc) is 3.14. The average molecular weight is 373 g/mol. The predicted molar refractivity (Wildman–Crippen MR) is 111 cm³/mol. The lowest BCUT2D eigenvalue weighted by atomic mass is 10.0. The number of rotatable bonds is 12. The Balaban J connectivity index is 1.75. The highest BCUT2D eigenvalue weighted by Crippen LogP contribution is 2.20. The van der Waals surface area contributed by atoms with Crippen LogP contribution in [0.4, 0.5) is 0 Å². The van der Waals surface area contributed by atoms with Crippen molar-refractivity contribution in [2.24, 2.45) is 0 Å². The Kier molecular flexibility index (Phi) is 8.99. The Bertz CT molecular complexity index is 665. The number of hydrogen-bond acceptors (Lipinski definition) is 4. The molecule has 0 atom stereocenters. The van der Waals surface area contributed by atoms with Crippen LogP contribution in [-0.2, 0) is 6.42 Å². The van der Waals surface area contributed by atoms with Crippen molar-refractivity contribution < 1.29 is 4.79 Å². The molecule has 0 aliphatic rings. The number of hydrogen-bond donors (Lipinski definition) is 0. The molecule has 0 aliphatic carbocycles. The van der Waals surface area contributed by atoms with Crippen molar-refractivity contribution in [1.29, 1.82) is 0 Å². The zero-order valence-corrected chi connectivity index (χ0v) is 17.3. The van der Waals surface area contributed by atoms with Crippen LogP contribution in [0.1, 0.15) is 71.6 Å². The molecule has 0 saturated carbocycles. The summed E-state index contributed by atoms with van der Waals surface area (Å²) in [6.45, 7) is 3.19. The maximum atomic E-state index is 12.7. The number of ketones is 1. The lowest BCUT2D eigenvalue weighted by Crippen LogP contribution is -2.12. The molecular formula is C22H32N2OS. The van der Waals surface area contributed by atoms with Crippen LogP contribution in [0.2, 0.25) is 0 Å². The number of thiophene rings is 1. The van der Waals surface area contributed by atoms with Crippen LogP contribution >= 0.6 is 11.3 Å². The normalized spacial score (nSPS) is 11.2. The van der Waals surface area contributed by atoms with Crippen LogP contribution in [0, 0.1) is 6.92 Å². The van der Waals surface area contributed by atoms with E-state index in [1.165, 1.54) is 56.4 Å². The van der Waals surface area contributed by atoms with Gasteiger partial charge in [0.05, 0.1) is 10.6 Å². The number of pyridine rings is 1. The summed E-state index contributed by atoms with van der Waals surface area (Å²) in [5.74, 6) is 0.114. The molecule has 0 amide bonds. The van der Waals surface area contributed by atoms with Crippen molar-refractivity contribution in [2.45, 2.75) is 58.3 Å². The van der Waals surface area contributed by atoms with Crippen LogP contribution in [-0.4, -0.2) is 36.3 Å². The van der Waals surface area contributed by atoms with Gasteiger partial charge < -0.3 is 4.90 Å². The number of carbonyl (C=O) groups is 1. The Morgan fingerprint density at radius 1 is 1.00 bits per heavy atom. The predicted octanol–water partition coefficient (Wildman–Crippen LogP) is 5.52. The van der Waals surface area contributed by atoms with Crippen LogP contribution in [0.15, 0.2) is 29.6 Å². The Hall–Kier alpha value is -1.52. The lowest BCUT2D eigenvalue weighted by Gasteiger charge is -2.09. The third-order valence-electron chi connectivity index (χ3n) is 4.62. The quantitative estimate of drug-likeness (QED) is 0.363. The molecule has 0 fully saturated rings. The van der Waals surface area contributed by atoms with Crippen molar-refractivity contribution in [1.82, 2.24) is 9.88 Å². The van der Waals surface area contributed by atoms with Gasteiger partial charge in [-0.1, -0.05) is 38.2 Å². The second-order valence-electron chi connectivity index (χ2n) is 7.28. The van der Waals surface area contributed by atoms with E-state index in [0.717, 1.165) is 34.7 Å². The minimum Gasteiger partial charge on any atom is -0.309 e. The van der Waals surface area contributed by atoms with Gasteiger partial charge in [-0.3, -0.25) is 9.78 Å². The largest absolute Gasteiger partial charge is 0.309 e. The van der Waals surface area contributed by atoms with E-state index in [1.807, 2.05) is 36.6 Å². The summed E-state index contributed by atoms with van der Waals surface area (Å²) in [7, 11) is 4.27. The van der Waals surface area contributed by atoms with Crippen molar-refractivity contribution in [3.8, 4) is 0 Å². The summed E-state index contributed by atoms with van der Waals surface area (Å²) in [5.41, 5.74) is 2.74. The Morgan fingerprint density at radius 3 is 2.35 bits per heavy atom. The number of aromatic nitrogens is 1. The van der Waals surface area contributed by atoms with Crippen LogP contribution < -0.4 is 0 Å². The van der Waals surface area contributed by atoms with Gasteiger partial charge >= 0.3 is 0 Å². The van der Waals surface area contributed by atoms with E-state index in [-0.39, 0.29) is 5.78 Å². The van der Waals surface area contributed by atoms with E-state index in [4.69, 9.17) is 0 Å². The molecule has 0 radical (unpaired) electrons. The standard InChI is InChI=1S/C22H32N2OS/c1-18-14-15-19(22(25)21-13-11-17-26-21)20(23-18)12-9-7-5-4-6-8-10-16-24(2)3/h11,13-15,17H,4-10,12,16H2,1-3H3. The first-order valence-electron chi connectivity index (χ1n) is 9.77. The summed E-state index contributed by atoms with van der Waals surface area (Å²) in [4.78, 5) is 20.4. The molecule has 0 spiro atoms. The first kappa shape index (κ1) is 20.8. The van der Waals surface area contributed by atoms with Crippen molar-refractivity contribution in [3.63, 3.8) is 0 Å². The molecule has 0 saturated heterocycles. The van der Waals surface area contributed by atoms with Gasteiger partial charge in [0.2, 0.25) is 5.78 Å². The Morgan fingerprint density at radius 2 is 1.69 bits per heavy atom. The van der Waals surface area contributed by atoms with Gasteiger partial charge in [0.25, 0.3) is 0 Å². The zero-order chi connectivity index (χ0) is 18.8. The SMILES string of the molecule is Cc1ccc(C(=O)c2cccs2)c(CCCCCCCCCN(C)C)n1. The van der Waals surface area contributed by atoms with E-state index in [0.29, 0.717) is 0 Å². The maximum Gasteiger partial charge on any atom is 0.204 e. The third kappa shape index (κ3) is 7.00. The highest BCUT2D eigenvalue weighted by molar-refractivity contribution is 7.12. The number of nitrogens with zero attached hydrogens (tertiary/aromatic N) is 2. The second kappa shape index (κ2) is 11.2. The fourth-order valence-corrected chi connectivity index (χ4v) is 3.83. The van der Waals surface area contributed by atoms with Gasteiger partial charge in [0.1, 0.15) is 0 Å². The highest BCUT2D eigenvalue weighted by Gasteiger charge is 2.15. The molecule has 0 N–H and O–H groups in total. The molecule has 2 aromatic heterocycles. The summed E-state index contributed by atoms with van der Waals surface area (Å²) in [6, 6.07) is 7.72. The van der Waals surface area contributed by atoms with Gasteiger partial charge in [0.15, 0.2) is 0 Å². The maximum absolute atomic E-state index is 12.7. The monoisotopic (exact) mass is 372 g/mol. The molecule has 26 heavy (non-hydrogen) atoms. The lowest BCUT2D eigenvalue weighted by molar-refractivity contribution is 0.104. The van der Waals surface area contributed by atoms with Crippen LogP contribution in [0.25, 0.3) is 0 Å². The third-order valence-corrected chi connectivity index (χ3v) is 5.49. The van der Waals surface area contributed by atoms with Gasteiger partial charge in [0, 0.05) is 11.3 Å². The minimum atomic E-state index is 0.114. The molecular weight excluding hydrogens is 340 g/mol. The first-order valence-corrected chi connectivity index (χ1v) is 10.7. The zero-order valence-electron chi connectivity index (χ0n) is 16.5. The number of carbonyl (C=O) groups excluding carboxylic acids is 1. The smallest absolute Gasteiger partial charge is 0.204 e. The van der Waals surface area contributed by atoms with Gasteiger partial charge in [-0.25, -0.2) is 0 Å². The molecule has 0 aliphatic heterocycles. The molecule has 0 aromatic carbocycles. The van der Waals surface area contributed by atoms with Gasteiger partial charge in [-0.05, 0) is 70.4 Å². The molecule has 4 heteroatoms. The van der Waals surface area contributed by atoms with E-state index in [2.05, 4.69) is 24.0 Å². The number of unbranched alkanes of at least 4 members (excludes halogenated alkanes) is 6. The fourth-order valence-electron chi connectivity index (χ4n) is 3.15. The Labute approximate surface area is 162 Å². The summed E-state index contributed by atoms with van der Waals surface area (Å²) < 4.78 is 0. The van der Waals surface area contributed by atoms with Crippen molar-refractivity contribution >= 4 is 17.1 Å². The minimum absolute atomic E-state index is 0.114. The molecule has 0 unspecified atom stereocenters. The van der Waals surface area contributed by atoms with Gasteiger partial charge in [-0.2, -0.15) is 0 Å². The number of aryl methyl sites for hydroxylation is 2. The molecule has 2 heterocycles. The molecule has 2 rings (SSSR count). The van der Waals surface area contributed by atoms with Crippen LogP contribution in [0.3, 0.4) is 0 Å².